The first-order chi connectivity index (χ1) is 7.98. The van der Waals surface area contributed by atoms with E-state index < -0.39 is 5.92 Å². The molecule has 94 valence electrons. The third-order valence-corrected chi connectivity index (χ3v) is 2.92. The molecule has 0 bridgehead atoms. The summed E-state index contributed by atoms with van der Waals surface area (Å²) in [5.41, 5.74) is 0. The van der Waals surface area contributed by atoms with E-state index in [4.69, 9.17) is 0 Å². The molecular formula is C11H16F2N4. The Kier molecular flexibility index (Phi) is 3.13. The van der Waals surface area contributed by atoms with Gasteiger partial charge in [-0.2, -0.15) is 0 Å². The molecule has 1 saturated heterocycles. The molecule has 6 heteroatoms. The van der Waals surface area contributed by atoms with Gasteiger partial charge in [0.2, 0.25) is 0 Å². The second-order valence-corrected chi connectivity index (χ2v) is 4.47. The molecule has 1 aromatic heterocycles. The van der Waals surface area contributed by atoms with Gasteiger partial charge in [-0.1, -0.05) is 0 Å². The van der Waals surface area contributed by atoms with Gasteiger partial charge in [0.25, 0.3) is 5.92 Å². The lowest BCUT2D eigenvalue weighted by Gasteiger charge is -2.32. The Hall–Kier alpha value is -1.46. The summed E-state index contributed by atoms with van der Waals surface area (Å²) in [6, 6.07) is 1.82. The van der Waals surface area contributed by atoms with Crippen LogP contribution in [0.15, 0.2) is 12.4 Å². The van der Waals surface area contributed by atoms with Crippen molar-refractivity contribution in [3.63, 3.8) is 0 Å². The quantitative estimate of drug-likeness (QED) is 0.791. The van der Waals surface area contributed by atoms with Gasteiger partial charge in [0.05, 0.1) is 0 Å². The molecule has 0 unspecified atom stereocenters. The molecule has 1 aromatic rings. The Labute approximate surface area is 99.3 Å². The van der Waals surface area contributed by atoms with E-state index in [0.29, 0.717) is 13.1 Å². The van der Waals surface area contributed by atoms with Gasteiger partial charge in [0.15, 0.2) is 0 Å². The molecule has 0 N–H and O–H groups in total. The molecule has 0 saturated carbocycles. The summed E-state index contributed by atoms with van der Waals surface area (Å²) in [6.07, 6.45) is 1.26. The molecule has 1 aliphatic heterocycles. The average Bonchev–Trinajstić information content (AvgIpc) is 2.29. The number of alkyl halides is 2. The van der Waals surface area contributed by atoms with Crippen LogP contribution in [0.2, 0.25) is 0 Å². The zero-order chi connectivity index (χ0) is 12.5. The van der Waals surface area contributed by atoms with Gasteiger partial charge in [-0.15, -0.1) is 0 Å². The monoisotopic (exact) mass is 242 g/mol. The van der Waals surface area contributed by atoms with Crippen molar-refractivity contribution in [3.8, 4) is 0 Å². The van der Waals surface area contributed by atoms with Gasteiger partial charge in [-0.05, 0) is 0 Å². The fourth-order valence-electron chi connectivity index (χ4n) is 1.82. The Morgan fingerprint density at radius 1 is 1.24 bits per heavy atom. The van der Waals surface area contributed by atoms with Crippen molar-refractivity contribution in [1.82, 2.24) is 9.97 Å². The third kappa shape index (κ3) is 2.81. The number of hydrogen-bond acceptors (Lipinski definition) is 4. The molecule has 0 aromatic carbocycles. The maximum absolute atomic E-state index is 13.0. The number of hydrogen-bond donors (Lipinski definition) is 0. The lowest BCUT2D eigenvalue weighted by Crippen LogP contribution is -2.39. The van der Waals surface area contributed by atoms with Crippen molar-refractivity contribution in [2.75, 3.05) is 37.0 Å². The minimum atomic E-state index is -2.52. The van der Waals surface area contributed by atoms with Crippen molar-refractivity contribution in [2.45, 2.75) is 18.8 Å². The Bertz CT molecular complexity index is 385. The zero-order valence-corrected chi connectivity index (χ0v) is 10.0. The van der Waals surface area contributed by atoms with Crippen molar-refractivity contribution in [3.05, 3.63) is 12.4 Å². The first-order valence-corrected chi connectivity index (χ1v) is 5.60. The molecule has 0 aliphatic carbocycles. The van der Waals surface area contributed by atoms with Crippen LogP contribution in [0.5, 0.6) is 0 Å². The largest absolute Gasteiger partial charge is 0.363 e. The predicted octanol–water partition coefficient (Wildman–Crippen LogP) is 1.78. The van der Waals surface area contributed by atoms with Gasteiger partial charge in [-0.3, -0.25) is 0 Å². The number of rotatable bonds is 2. The standard InChI is InChI=1S/C11H16F2N4/c1-16(2)9-7-10(15-8-14-9)17-5-3-11(12,13)4-6-17/h7-8H,3-6H2,1-2H3. The normalized spacial score (nSPS) is 19.2. The number of halogens is 2. The number of anilines is 2. The number of aromatic nitrogens is 2. The first-order valence-electron chi connectivity index (χ1n) is 5.60. The summed E-state index contributed by atoms with van der Waals surface area (Å²) in [5, 5.41) is 0. The van der Waals surface area contributed by atoms with Crippen molar-refractivity contribution < 1.29 is 8.78 Å². The molecule has 1 aliphatic rings. The third-order valence-electron chi connectivity index (χ3n) is 2.92. The molecule has 1 fully saturated rings. The van der Waals surface area contributed by atoms with E-state index in [9.17, 15) is 8.78 Å². The minimum absolute atomic E-state index is 0.103. The topological polar surface area (TPSA) is 32.3 Å². The van der Waals surface area contributed by atoms with Crippen molar-refractivity contribution >= 4 is 11.6 Å². The second-order valence-electron chi connectivity index (χ2n) is 4.47. The van der Waals surface area contributed by atoms with Crippen LogP contribution >= 0.6 is 0 Å². The molecule has 0 amide bonds. The smallest absolute Gasteiger partial charge is 0.251 e. The zero-order valence-electron chi connectivity index (χ0n) is 10.0. The van der Waals surface area contributed by atoms with E-state index in [1.54, 1.807) is 0 Å². The summed E-state index contributed by atoms with van der Waals surface area (Å²) < 4.78 is 26.1. The second kappa shape index (κ2) is 4.43. The fourth-order valence-corrected chi connectivity index (χ4v) is 1.82. The van der Waals surface area contributed by atoms with Gasteiger partial charge < -0.3 is 9.80 Å². The van der Waals surface area contributed by atoms with Gasteiger partial charge in [0, 0.05) is 46.1 Å². The Morgan fingerprint density at radius 3 is 2.47 bits per heavy atom. The lowest BCUT2D eigenvalue weighted by atomic mass is 10.1. The lowest BCUT2D eigenvalue weighted by molar-refractivity contribution is -0.0221. The van der Waals surface area contributed by atoms with Crippen molar-refractivity contribution in [1.29, 1.82) is 0 Å². The van der Waals surface area contributed by atoms with Crippen LogP contribution in [0, 0.1) is 0 Å². The van der Waals surface area contributed by atoms with E-state index in [1.807, 2.05) is 30.0 Å². The Morgan fingerprint density at radius 2 is 1.88 bits per heavy atom. The number of nitrogens with zero attached hydrogens (tertiary/aromatic N) is 4. The molecule has 0 radical (unpaired) electrons. The van der Waals surface area contributed by atoms with E-state index in [-0.39, 0.29) is 12.8 Å². The summed E-state index contributed by atoms with van der Waals surface area (Å²) >= 11 is 0. The van der Waals surface area contributed by atoms with Crippen molar-refractivity contribution in [2.24, 2.45) is 0 Å². The summed E-state index contributed by atoms with van der Waals surface area (Å²) in [5.74, 6) is -1.01. The van der Waals surface area contributed by atoms with Crippen LogP contribution < -0.4 is 9.80 Å². The first kappa shape index (κ1) is 12.0. The van der Waals surface area contributed by atoms with Crippen LogP contribution in [0.1, 0.15) is 12.8 Å². The molecule has 0 atom stereocenters. The fraction of sp³-hybridized carbons (Fsp3) is 0.636. The molecule has 4 nitrogen and oxygen atoms in total. The predicted molar refractivity (Wildman–Crippen MR) is 62.8 cm³/mol. The summed E-state index contributed by atoms with van der Waals surface area (Å²) in [6.45, 7) is 0.688. The molecule has 2 rings (SSSR count). The van der Waals surface area contributed by atoms with Crippen LogP contribution in [0.4, 0.5) is 20.4 Å². The summed E-state index contributed by atoms with van der Waals surface area (Å²) in [7, 11) is 3.77. The SMILES string of the molecule is CN(C)c1cc(N2CCC(F)(F)CC2)ncn1. The van der Waals surface area contributed by atoms with Crippen LogP contribution in [-0.4, -0.2) is 43.1 Å². The maximum Gasteiger partial charge on any atom is 0.251 e. The van der Waals surface area contributed by atoms with Gasteiger partial charge in [-0.25, -0.2) is 18.7 Å². The van der Waals surface area contributed by atoms with E-state index >= 15 is 0 Å². The molecular weight excluding hydrogens is 226 g/mol. The van der Waals surface area contributed by atoms with Gasteiger partial charge in [0.1, 0.15) is 18.0 Å². The average molecular weight is 242 g/mol. The van der Waals surface area contributed by atoms with E-state index in [0.717, 1.165) is 11.6 Å². The highest BCUT2D eigenvalue weighted by molar-refractivity contribution is 5.49. The van der Waals surface area contributed by atoms with Crippen LogP contribution in [0.25, 0.3) is 0 Å². The van der Waals surface area contributed by atoms with Gasteiger partial charge >= 0.3 is 0 Å². The maximum atomic E-state index is 13.0. The summed E-state index contributed by atoms with van der Waals surface area (Å²) in [4.78, 5) is 12.0. The molecule has 2 heterocycles. The van der Waals surface area contributed by atoms with Crippen LogP contribution in [0.3, 0.4) is 0 Å². The Balaban J connectivity index is 2.10. The highest BCUT2D eigenvalue weighted by Gasteiger charge is 2.34. The van der Waals surface area contributed by atoms with Crippen LogP contribution in [-0.2, 0) is 0 Å². The molecule has 17 heavy (non-hydrogen) atoms. The van der Waals surface area contributed by atoms with E-state index in [2.05, 4.69) is 9.97 Å². The van der Waals surface area contributed by atoms with E-state index in [1.165, 1.54) is 6.33 Å². The number of piperidine rings is 1. The highest BCUT2D eigenvalue weighted by atomic mass is 19.3. The molecule has 0 spiro atoms. The highest BCUT2D eigenvalue weighted by Crippen LogP contribution is 2.30. The minimum Gasteiger partial charge on any atom is -0.363 e.